The van der Waals surface area contributed by atoms with Crippen LogP contribution < -0.4 is 4.74 Å². The summed E-state index contributed by atoms with van der Waals surface area (Å²) in [4.78, 5) is 23.5. The fourth-order valence-corrected chi connectivity index (χ4v) is 4.02. The van der Waals surface area contributed by atoms with E-state index in [0.29, 0.717) is 24.8 Å². The number of hydrogen-bond acceptors (Lipinski definition) is 11. The van der Waals surface area contributed by atoms with Crippen molar-refractivity contribution in [3.05, 3.63) is 29.3 Å². The molecule has 7 N–H and O–H groups in total. The standard InChI is InChI=1S/C23H30O12/c1-23(2,32)12-5-3-10(4-6-12)21(31)33-9-15-16(26)17(27)18(28)22(34-15)35-19-13(24)7-11(20(29)30)8-14(19)25/h3,7-8,12,15-18,22,24-28,32H,4-6,9H2,1-2H3,(H,29,30)/t12-,15+,16+,17+,18+,22+/m1/s1. The SMILES string of the molecule is CC(C)(O)[C@@H]1CC=C(C(=O)OC[C@@H]2O[C@@H](Oc3c(O)cc(C(=O)O)cc3O)[C@@H](O)[C@@H](O)[C@H]2O)CC1. The Kier molecular flexibility index (Phi) is 7.92. The monoisotopic (exact) mass is 498 g/mol. The molecule has 0 bridgehead atoms. The van der Waals surface area contributed by atoms with Gasteiger partial charge in [0.25, 0.3) is 0 Å². The summed E-state index contributed by atoms with van der Waals surface area (Å²) >= 11 is 0. The number of carbonyl (C=O) groups excluding carboxylic acids is 1. The van der Waals surface area contributed by atoms with Gasteiger partial charge in [-0.05, 0) is 51.2 Å². The number of aliphatic hydroxyl groups excluding tert-OH is 3. The van der Waals surface area contributed by atoms with Crippen molar-refractivity contribution >= 4 is 11.9 Å². The van der Waals surface area contributed by atoms with Gasteiger partial charge in [0.15, 0.2) is 11.5 Å². The van der Waals surface area contributed by atoms with Gasteiger partial charge >= 0.3 is 11.9 Å². The number of aromatic carboxylic acids is 1. The summed E-state index contributed by atoms with van der Waals surface area (Å²) in [6, 6.07) is 1.61. The quantitative estimate of drug-likeness (QED) is 0.249. The van der Waals surface area contributed by atoms with Gasteiger partial charge < -0.3 is 50.0 Å². The van der Waals surface area contributed by atoms with Crippen LogP contribution in [0.15, 0.2) is 23.8 Å². The smallest absolute Gasteiger partial charge is 0.335 e. The van der Waals surface area contributed by atoms with Gasteiger partial charge in [-0.2, -0.15) is 0 Å². The molecule has 0 unspecified atom stereocenters. The van der Waals surface area contributed by atoms with E-state index in [9.17, 15) is 40.2 Å². The van der Waals surface area contributed by atoms with Gasteiger partial charge in [0.05, 0.1) is 11.2 Å². The molecule has 1 fully saturated rings. The van der Waals surface area contributed by atoms with Crippen LogP contribution in [-0.4, -0.2) is 90.6 Å². The Morgan fingerprint density at radius 3 is 2.23 bits per heavy atom. The Labute approximate surface area is 200 Å². The number of aromatic hydroxyl groups is 2. The van der Waals surface area contributed by atoms with Crippen LogP contribution in [0.4, 0.5) is 0 Å². The maximum absolute atomic E-state index is 12.5. The number of phenols is 2. The lowest BCUT2D eigenvalue weighted by atomic mass is 9.79. The van der Waals surface area contributed by atoms with Gasteiger partial charge in [0.1, 0.15) is 31.0 Å². The van der Waals surface area contributed by atoms with Crippen molar-refractivity contribution in [3.8, 4) is 17.2 Å². The van der Waals surface area contributed by atoms with Gasteiger partial charge in [-0.25, -0.2) is 9.59 Å². The molecule has 0 radical (unpaired) electrons. The number of carboxylic acid groups (broad SMARTS) is 1. The summed E-state index contributed by atoms with van der Waals surface area (Å²) in [7, 11) is 0. The molecule has 6 atom stereocenters. The molecular weight excluding hydrogens is 468 g/mol. The second-order valence-electron chi connectivity index (χ2n) is 9.23. The van der Waals surface area contributed by atoms with E-state index in [1.54, 1.807) is 19.9 Å². The van der Waals surface area contributed by atoms with Crippen LogP contribution in [0.25, 0.3) is 0 Å². The van der Waals surface area contributed by atoms with E-state index in [-0.39, 0.29) is 5.92 Å². The first-order valence-corrected chi connectivity index (χ1v) is 11.0. The highest BCUT2D eigenvalue weighted by Crippen LogP contribution is 2.39. The normalized spacial score (nSPS) is 29.3. The molecule has 1 saturated heterocycles. The van der Waals surface area contributed by atoms with Crippen LogP contribution in [-0.2, 0) is 14.3 Å². The highest BCUT2D eigenvalue weighted by atomic mass is 16.7. The summed E-state index contributed by atoms with van der Waals surface area (Å²) < 4.78 is 15.9. The largest absolute Gasteiger partial charge is 0.504 e. The van der Waals surface area contributed by atoms with Gasteiger partial charge in [-0.3, -0.25) is 0 Å². The Hall–Kier alpha value is -2.90. The van der Waals surface area contributed by atoms with Crippen LogP contribution in [0.3, 0.4) is 0 Å². The fraction of sp³-hybridized carbons (Fsp3) is 0.565. The zero-order valence-corrected chi connectivity index (χ0v) is 19.2. The number of rotatable bonds is 7. The van der Waals surface area contributed by atoms with Crippen molar-refractivity contribution in [3.63, 3.8) is 0 Å². The average molecular weight is 498 g/mol. The number of benzene rings is 1. The van der Waals surface area contributed by atoms with Gasteiger partial charge in [-0.15, -0.1) is 0 Å². The number of aliphatic hydroxyl groups is 4. The topological polar surface area (TPSA) is 203 Å². The number of carbonyl (C=O) groups is 2. The predicted molar refractivity (Wildman–Crippen MR) is 117 cm³/mol. The molecule has 0 aromatic heterocycles. The molecule has 194 valence electrons. The first-order valence-electron chi connectivity index (χ1n) is 11.0. The molecule has 1 heterocycles. The Bertz CT molecular complexity index is 958. The molecule has 35 heavy (non-hydrogen) atoms. The first-order chi connectivity index (χ1) is 16.3. The third-order valence-corrected chi connectivity index (χ3v) is 6.25. The molecule has 0 spiro atoms. The maximum Gasteiger partial charge on any atom is 0.335 e. The molecule has 1 aliphatic heterocycles. The summed E-state index contributed by atoms with van der Waals surface area (Å²) in [6.07, 6.45) is -5.18. The molecule has 12 nitrogen and oxygen atoms in total. The lowest BCUT2D eigenvalue weighted by molar-refractivity contribution is -0.278. The van der Waals surface area contributed by atoms with Crippen LogP contribution in [0.5, 0.6) is 17.2 Å². The van der Waals surface area contributed by atoms with E-state index in [4.69, 9.17) is 19.3 Å². The molecule has 2 aliphatic rings. The lowest BCUT2D eigenvalue weighted by Gasteiger charge is -2.40. The van der Waals surface area contributed by atoms with Crippen molar-refractivity contribution in [2.45, 2.75) is 69.4 Å². The number of allylic oxidation sites excluding steroid dienone is 1. The van der Waals surface area contributed by atoms with Crippen molar-refractivity contribution in [2.24, 2.45) is 5.92 Å². The third-order valence-electron chi connectivity index (χ3n) is 6.25. The number of phenolic OH excluding ortho intramolecular Hbond substituents is 2. The molecule has 0 amide bonds. The molecule has 1 aliphatic carbocycles. The van der Waals surface area contributed by atoms with Crippen molar-refractivity contribution in [1.29, 1.82) is 0 Å². The van der Waals surface area contributed by atoms with Crippen molar-refractivity contribution in [1.82, 2.24) is 0 Å². The minimum Gasteiger partial charge on any atom is -0.504 e. The van der Waals surface area contributed by atoms with Crippen LogP contribution >= 0.6 is 0 Å². The number of esters is 1. The molecule has 1 aromatic rings. The molecule has 1 aromatic carbocycles. The van der Waals surface area contributed by atoms with E-state index in [1.165, 1.54) is 0 Å². The Morgan fingerprint density at radius 1 is 1.09 bits per heavy atom. The third kappa shape index (κ3) is 6.03. The number of carboxylic acids is 1. The highest BCUT2D eigenvalue weighted by molar-refractivity contribution is 5.89. The summed E-state index contributed by atoms with van der Waals surface area (Å²) in [5.74, 6) is -4.24. The summed E-state index contributed by atoms with van der Waals surface area (Å²) in [5, 5.41) is 69.8. The minimum atomic E-state index is -1.82. The average Bonchev–Trinajstić information content (AvgIpc) is 2.79. The van der Waals surface area contributed by atoms with E-state index in [2.05, 4.69) is 0 Å². The summed E-state index contributed by atoms with van der Waals surface area (Å²) in [6.45, 7) is 2.90. The zero-order chi connectivity index (χ0) is 26.1. The van der Waals surface area contributed by atoms with E-state index >= 15 is 0 Å². The van der Waals surface area contributed by atoms with Crippen LogP contribution in [0, 0.1) is 5.92 Å². The summed E-state index contributed by atoms with van der Waals surface area (Å²) in [5.41, 5.74) is -0.907. The molecule has 0 saturated carbocycles. The lowest BCUT2D eigenvalue weighted by Crippen LogP contribution is -2.60. The van der Waals surface area contributed by atoms with Gasteiger partial charge in [0, 0.05) is 5.57 Å². The van der Waals surface area contributed by atoms with E-state index in [0.717, 1.165) is 12.1 Å². The minimum absolute atomic E-state index is 0.00510. The highest BCUT2D eigenvalue weighted by Gasteiger charge is 2.46. The second kappa shape index (κ2) is 10.4. The number of hydrogen-bond donors (Lipinski definition) is 7. The Balaban J connectivity index is 1.66. The molecule has 12 heteroatoms. The maximum atomic E-state index is 12.5. The van der Waals surface area contributed by atoms with Crippen molar-refractivity contribution in [2.75, 3.05) is 6.61 Å². The van der Waals surface area contributed by atoms with E-state index in [1.807, 2.05) is 0 Å². The van der Waals surface area contributed by atoms with Gasteiger partial charge in [-0.1, -0.05) is 6.08 Å². The fourth-order valence-electron chi connectivity index (χ4n) is 4.02. The second-order valence-corrected chi connectivity index (χ2v) is 9.23. The predicted octanol–water partition coefficient (Wildman–Crippen LogP) is 0.0230. The van der Waals surface area contributed by atoms with Crippen LogP contribution in [0.2, 0.25) is 0 Å². The van der Waals surface area contributed by atoms with E-state index < -0.39 is 77.7 Å². The molecule has 3 rings (SSSR count). The zero-order valence-electron chi connectivity index (χ0n) is 19.2. The first kappa shape index (κ1) is 26.7. The number of ether oxygens (including phenoxy) is 3. The Morgan fingerprint density at radius 2 is 1.71 bits per heavy atom. The van der Waals surface area contributed by atoms with Crippen molar-refractivity contribution < 1.29 is 59.5 Å². The van der Waals surface area contributed by atoms with Gasteiger partial charge in [0.2, 0.25) is 12.0 Å². The van der Waals surface area contributed by atoms with Crippen LogP contribution in [0.1, 0.15) is 43.5 Å². The molecular formula is C23H30O12.